The van der Waals surface area contributed by atoms with E-state index in [0.717, 1.165) is 17.7 Å². The van der Waals surface area contributed by atoms with Gasteiger partial charge in [-0.2, -0.15) is 10.1 Å². The van der Waals surface area contributed by atoms with Crippen molar-refractivity contribution in [3.63, 3.8) is 0 Å². The number of carbonyl (C=O) groups is 1. The fourth-order valence-electron chi connectivity index (χ4n) is 3.28. The van der Waals surface area contributed by atoms with Gasteiger partial charge < -0.3 is 15.5 Å². The molecule has 0 saturated carbocycles. The number of aromatic nitrogens is 4. The van der Waals surface area contributed by atoms with Crippen LogP contribution < -0.4 is 15.5 Å². The average Bonchev–Trinajstić information content (AvgIpc) is 3.17. The number of hydrogen-bond donors (Lipinski definition) is 2. The predicted molar refractivity (Wildman–Crippen MR) is 108 cm³/mol. The van der Waals surface area contributed by atoms with Gasteiger partial charge in [-0.15, -0.1) is 0 Å². The van der Waals surface area contributed by atoms with Crippen molar-refractivity contribution in [1.82, 2.24) is 19.7 Å². The number of nitrogens with zero attached hydrogens (tertiary/aromatic N) is 5. The lowest BCUT2D eigenvalue weighted by Crippen LogP contribution is -2.44. The number of anilines is 3. The maximum atomic E-state index is 13.4. The molecule has 2 N–H and O–H groups in total. The van der Waals surface area contributed by atoms with Gasteiger partial charge in [0.1, 0.15) is 11.7 Å². The van der Waals surface area contributed by atoms with Crippen molar-refractivity contribution in [2.24, 2.45) is 0 Å². The Morgan fingerprint density at radius 1 is 1.16 bits per heavy atom. The number of amides is 1. The molecule has 4 rings (SSSR count). The minimum absolute atomic E-state index is 0.0882. The standard InChI is InChI=1S/C20H20F3N7O/c1-10-17-18(29(3)11(2)19(31)27-17)28-20(26-10)24-6-13-7-25-30(9-13)8-12-4-14(21)16(23)15(22)5-12/h4-5,7,9,11H,6,8H2,1-3H3,(H,27,31)(H,24,26,28). The van der Waals surface area contributed by atoms with Crippen LogP contribution in [0.2, 0.25) is 0 Å². The Hall–Kier alpha value is -3.63. The van der Waals surface area contributed by atoms with E-state index in [-0.39, 0.29) is 24.1 Å². The van der Waals surface area contributed by atoms with E-state index in [2.05, 4.69) is 25.7 Å². The number of aryl methyl sites for hydroxylation is 1. The second-order valence-corrected chi connectivity index (χ2v) is 7.38. The molecule has 1 aliphatic heterocycles. The summed E-state index contributed by atoms with van der Waals surface area (Å²) < 4.78 is 41.4. The highest BCUT2D eigenvalue weighted by atomic mass is 19.2. The van der Waals surface area contributed by atoms with Crippen molar-refractivity contribution in [3.05, 3.63) is 58.8 Å². The number of likely N-dealkylation sites (N-methyl/N-ethyl adjacent to an activating group) is 1. The fraction of sp³-hybridized carbons (Fsp3) is 0.300. The third-order valence-electron chi connectivity index (χ3n) is 5.14. The molecule has 0 fully saturated rings. The molecule has 0 bridgehead atoms. The highest BCUT2D eigenvalue weighted by molar-refractivity contribution is 6.03. The number of halogens is 3. The van der Waals surface area contributed by atoms with Gasteiger partial charge in [0.05, 0.1) is 18.4 Å². The smallest absolute Gasteiger partial charge is 0.246 e. The third kappa shape index (κ3) is 4.03. The summed E-state index contributed by atoms with van der Waals surface area (Å²) in [6.45, 7) is 4.02. The minimum atomic E-state index is -1.49. The predicted octanol–water partition coefficient (Wildman–Crippen LogP) is 2.84. The van der Waals surface area contributed by atoms with Crippen molar-refractivity contribution in [2.45, 2.75) is 33.0 Å². The summed E-state index contributed by atoms with van der Waals surface area (Å²) in [7, 11) is 1.80. The van der Waals surface area contributed by atoms with Crippen LogP contribution in [0.4, 0.5) is 30.6 Å². The first-order valence-corrected chi connectivity index (χ1v) is 9.54. The number of rotatable bonds is 5. The molecule has 1 amide bonds. The second-order valence-electron chi connectivity index (χ2n) is 7.38. The topological polar surface area (TPSA) is 88.0 Å². The van der Waals surface area contributed by atoms with E-state index in [9.17, 15) is 18.0 Å². The van der Waals surface area contributed by atoms with Gasteiger partial charge in [-0.1, -0.05) is 0 Å². The summed E-state index contributed by atoms with van der Waals surface area (Å²) >= 11 is 0. The van der Waals surface area contributed by atoms with Crippen LogP contribution in [0.15, 0.2) is 24.5 Å². The fourth-order valence-corrected chi connectivity index (χ4v) is 3.28. The van der Waals surface area contributed by atoms with Gasteiger partial charge in [-0.25, -0.2) is 18.2 Å². The molecule has 1 aliphatic rings. The summed E-state index contributed by atoms with van der Waals surface area (Å²) in [6, 6.07) is 1.53. The maximum absolute atomic E-state index is 13.4. The molecule has 8 nitrogen and oxygen atoms in total. The van der Waals surface area contributed by atoms with Gasteiger partial charge in [-0.05, 0) is 31.5 Å². The number of hydrogen-bond acceptors (Lipinski definition) is 6. The first-order chi connectivity index (χ1) is 14.7. The van der Waals surface area contributed by atoms with Crippen molar-refractivity contribution in [3.8, 4) is 0 Å². The first-order valence-electron chi connectivity index (χ1n) is 9.54. The summed E-state index contributed by atoms with van der Waals surface area (Å²) in [5.41, 5.74) is 2.27. The van der Waals surface area contributed by atoms with Crippen LogP contribution in [0.1, 0.15) is 23.7 Å². The van der Waals surface area contributed by atoms with Crippen molar-refractivity contribution < 1.29 is 18.0 Å². The summed E-state index contributed by atoms with van der Waals surface area (Å²) in [5.74, 6) is -3.07. The zero-order chi connectivity index (χ0) is 22.3. The normalized spacial score (nSPS) is 15.6. The molecule has 0 spiro atoms. The Kier molecular flexibility index (Phi) is 5.25. The van der Waals surface area contributed by atoms with Crippen LogP contribution in [0, 0.1) is 24.4 Å². The molecule has 31 heavy (non-hydrogen) atoms. The lowest BCUT2D eigenvalue weighted by molar-refractivity contribution is -0.117. The van der Waals surface area contributed by atoms with E-state index in [1.807, 2.05) is 0 Å². The number of carbonyl (C=O) groups excluding carboxylic acids is 1. The van der Waals surface area contributed by atoms with Crippen LogP contribution in [0.5, 0.6) is 0 Å². The van der Waals surface area contributed by atoms with E-state index in [0.29, 0.717) is 29.7 Å². The molecule has 0 aliphatic carbocycles. The Morgan fingerprint density at radius 3 is 2.58 bits per heavy atom. The van der Waals surface area contributed by atoms with E-state index in [1.165, 1.54) is 4.68 Å². The second kappa shape index (κ2) is 7.89. The molecule has 162 valence electrons. The molecule has 1 aromatic carbocycles. The van der Waals surface area contributed by atoms with Gasteiger partial charge >= 0.3 is 0 Å². The van der Waals surface area contributed by atoms with Crippen LogP contribution in [0.25, 0.3) is 0 Å². The molecule has 0 saturated heterocycles. The summed E-state index contributed by atoms with van der Waals surface area (Å²) in [5, 5.41) is 10.1. The van der Waals surface area contributed by atoms with Gasteiger partial charge in [-0.3, -0.25) is 9.48 Å². The van der Waals surface area contributed by atoms with E-state index >= 15 is 0 Å². The monoisotopic (exact) mass is 431 g/mol. The van der Waals surface area contributed by atoms with Gasteiger partial charge in [0.15, 0.2) is 23.3 Å². The van der Waals surface area contributed by atoms with Crippen LogP contribution in [0.3, 0.4) is 0 Å². The van der Waals surface area contributed by atoms with Crippen LogP contribution in [-0.4, -0.2) is 38.7 Å². The Labute approximate surface area is 176 Å². The average molecular weight is 431 g/mol. The zero-order valence-corrected chi connectivity index (χ0v) is 17.1. The highest BCUT2D eigenvalue weighted by Gasteiger charge is 2.30. The van der Waals surface area contributed by atoms with Gasteiger partial charge in [0, 0.05) is 25.4 Å². The summed E-state index contributed by atoms with van der Waals surface area (Å²) in [4.78, 5) is 22.7. The van der Waals surface area contributed by atoms with E-state index < -0.39 is 17.5 Å². The third-order valence-corrected chi connectivity index (χ3v) is 5.14. The lowest BCUT2D eigenvalue weighted by Gasteiger charge is -2.32. The molecular formula is C20H20F3N7O. The Bertz CT molecular complexity index is 1140. The quantitative estimate of drug-likeness (QED) is 0.604. The van der Waals surface area contributed by atoms with E-state index in [1.54, 1.807) is 38.2 Å². The van der Waals surface area contributed by atoms with Gasteiger partial charge in [0.25, 0.3) is 0 Å². The first kappa shape index (κ1) is 20.6. The summed E-state index contributed by atoms with van der Waals surface area (Å²) in [6.07, 6.45) is 3.30. The highest BCUT2D eigenvalue weighted by Crippen LogP contribution is 2.32. The number of benzene rings is 1. The molecular weight excluding hydrogens is 411 g/mol. The molecule has 3 heterocycles. The van der Waals surface area contributed by atoms with Crippen LogP contribution in [-0.2, 0) is 17.9 Å². The van der Waals surface area contributed by atoms with Crippen molar-refractivity contribution >= 4 is 23.4 Å². The van der Waals surface area contributed by atoms with Crippen LogP contribution >= 0.6 is 0 Å². The molecule has 0 radical (unpaired) electrons. The molecule has 3 aromatic rings. The lowest BCUT2D eigenvalue weighted by atomic mass is 10.2. The van der Waals surface area contributed by atoms with Gasteiger partial charge in [0.2, 0.25) is 11.9 Å². The SMILES string of the molecule is Cc1nc(NCc2cnn(Cc3cc(F)c(F)c(F)c3)c2)nc2c1NC(=O)C(C)N2C. The molecule has 1 unspecified atom stereocenters. The van der Waals surface area contributed by atoms with Crippen molar-refractivity contribution in [2.75, 3.05) is 22.6 Å². The zero-order valence-electron chi connectivity index (χ0n) is 17.1. The number of nitrogens with one attached hydrogen (secondary N) is 2. The molecule has 1 atom stereocenters. The Balaban J connectivity index is 1.46. The molecule has 2 aromatic heterocycles. The maximum Gasteiger partial charge on any atom is 0.246 e. The van der Waals surface area contributed by atoms with Crippen molar-refractivity contribution in [1.29, 1.82) is 0 Å². The number of fused-ring (bicyclic) bond motifs is 1. The molecule has 11 heteroatoms. The minimum Gasteiger partial charge on any atom is -0.350 e. The Morgan fingerprint density at radius 2 is 1.87 bits per heavy atom. The van der Waals surface area contributed by atoms with E-state index in [4.69, 9.17) is 0 Å². The largest absolute Gasteiger partial charge is 0.350 e.